The van der Waals surface area contributed by atoms with E-state index in [-0.39, 0.29) is 24.4 Å². The number of rotatable bonds is 1. The second kappa shape index (κ2) is 5.69. The van der Waals surface area contributed by atoms with Gasteiger partial charge in [0.15, 0.2) is 4.80 Å². The lowest BCUT2D eigenvalue weighted by Crippen LogP contribution is -2.33. The van der Waals surface area contributed by atoms with Crippen LogP contribution in [0.1, 0.15) is 0 Å². The highest BCUT2D eigenvalue weighted by atomic mass is 35.5. The summed E-state index contributed by atoms with van der Waals surface area (Å²) in [6, 6.07) is -0.0953. The molecule has 4 nitrogen and oxygen atoms in total. The topological polar surface area (TPSA) is 46.4 Å². The lowest BCUT2D eigenvalue weighted by molar-refractivity contribution is -0.119. The maximum absolute atomic E-state index is 11.6. The zero-order chi connectivity index (χ0) is 9.97. The summed E-state index contributed by atoms with van der Waals surface area (Å²) in [7, 11) is 1.89. The van der Waals surface area contributed by atoms with Crippen molar-refractivity contribution in [1.29, 1.82) is 0 Å². The summed E-state index contributed by atoms with van der Waals surface area (Å²) < 4.78 is 1.85. The van der Waals surface area contributed by atoms with E-state index in [4.69, 9.17) is 0 Å². The molecule has 1 saturated heterocycles. The molecule has 1 aromatic rings. The van der Waals surface area contributed by atoms with E-state index in [0.29, 0.717) is 0 Å². The molecule has 0 spiro atoms. The predicted molar refractivity (Wildman–Crippen MR) is 65.4 cm³/mol. The quantitative estimate of drug-likeness (QED) is 0.809. The Morgan fingerprint density at radius 3 is 3.07 bits per heavy atom. The van der Waals surface area contributed by atoms with Crippen molar-refractivity contribution < 1.29 is 4.79 Å². The summed E-state index contributed by atoms with van der Waals surface area (Å²) in [6.07, 6.45) is 1.90. The van der Waals surface area contributed by atoms with Crippen molar-refractivity contribution in [2.45, 2.75) is 6.04 Å². The number of aryl methyl sites for hydroxylation is 1. The summed E-state index contributed by atoms with van der Waals surface area (Å²) in [5.74, 6) is 1.62. The van der Waals surface area contributed by atoms with Gasteiger partial charge in [0, 0.05) is 30.3 Å². The SMILES string of the molecule is Cl.Cn1ccsc1=NC(=O)[C@H]1CSCN1. The molecule has 84 valence electrons. The van der Waals surface area contributed by atoms with Crippen LogP contribution >= 0.6 is 35.5 Å². The number of nitrogens with zero attached hydrogens (tertiary/aromatic N) is 2. The molecule has 1 aromatic heterocycles. The van der Waals surface area contributed by atoms with E-state index in [1.807, 2.05) is 23.2 Å². The largest absolute Gasteiger partial charge is 0.327 e. The van der Waals surface area contributed by atoms with Crippen LogP contribution < -0.4 is 10.1 Å². The summed E-state index contributed by atoms with van der Waals surface area (Å²) >= 11 is 3.21. The van der Waals surface area contributed by atoms with Gasteiger partial charge in [-0.25, -0.2) is 0 Å². The van der Waals surface area contributed by atoms with Crippen molar-refractivity contribution in [3.63, 3.8) is 0 Å². The minimum atomic E-state index is -0.0953. The Balaban J connectivity index is 0.00000112. The highest BCUT2D eigenvalue weighted by molar-refractivity contribution is 7.99. The monoisotopic (exact) mass is 265 g/mol. The van der Waals surface area contributed by atoms with Crippen LogP contribution in [-0.2, 0) is 11.8 Å². The van der Waals surface area contributed by atoms with E-state index in [1.54, 1.807) is 11.8 Å². The van der Waals surface area contributed by atoms with Crippen molar-refractivity contribution >= 4 is 41.4 Å². The molecule has 0 aromatic carbocycles. The van der Waals surface area contributed by atoms with Gasteiger partial charge in [-0.05, 0) is 0 Å². The van der Waals surface area contributed by atoms with Gasteiger partial charge in [0.2, 0.25) is 0 Å². The summed E-state index contributed by atoms with van der Waals surface area (Å²) in [4.78, 5) is 16.4. The fourth-order valence-electron chi connectivity index (χ4n) is 1.16. The number of amides is 1. The predicted octanol–water partition coefficient (Wildman–Crippen LogP) is 0.598. The fourth-order valence-corrected chi connectivity index (χ4v) is 2.83. The van der Waals surface area contributed by atoms with Crippen LogP contribution in [0, 0.1) is 0 Å². The van der Waals surface area contributed by atoms with Gasteiger partial charge in [-0.2, -0.15) is 4.99 Å². The van der Waals surface area contributed by atoms with Crippen LogP contribution in [0.3, 0.4) is 0 Å². The van der Waals surface area contributed by atoms with Crippen molar-refractivity contribution in [1.82, 2.24) is 9.88 Å². The highest BCUT2D eigenvalue weighted by Crippen LogP contribution is 2.10. The molecule has 2 rings (SSSR count). The average molecular weight is 266 g/mol. The van der Waals surface area contributed by atoms with Gasteiger partial charge in [-0.1, -0.05) is 0 Å². The molecule has 1 aliphatic heterocycles. The first-order valence-corrected chi connectivity index (χ1v) is 6.30. The lowest BCUT2D eigenvalue weighted by atomic mass is 10.3. The Kier molecular flexibility index (Phi) is 4.85. The molecule has 0 saturated carbocycles. The Morgan fingerprint density at radius 1 is 1.73 bits per heavy atom. The van der Waals surface area contributed by atoms with Gasteiger partial charge in [0.1, 0.15) is 0 Å². The van der Waals surface area contributed by atoms with Crippen LogP contribution in [0.25, 0.3) is 0 Å². The number of halogens is 1. The molecule has 1 fully saturated rings. The molecule has 0 radical (unpaired) electrons. The van der Waals surface area contributed by atoms with Crippen LogP contribution in [0.4, 0.5) is 0 Å². The minimum Gasteiger partial charge on any atom is -0.327 e. The second-order valence-corrected chi connectivity index (χ2v) is 4.92. The normalized spacial score (nSPS) is 21.4. The zero-order valence-corrected chi connectivity index (χ0v) is 10.6. The first-order chi connectivity index (χ1) is 6.77. The summed E-state index contributed by atoms with van der Waals surface area (Å²) in [6.45, 7) is 0. The molecule has 2 heterocycles. The van der Waals surface area contributed by atoms with Crippen molar-refractivity contribution in [3.8, 4) is 0 Å². The third-order valence-corrected chi connectivity index (χ3v) is 3.77. The first kappa shape index (κ1) is 12.8. The van der Waals surface area contributed by atoms with Crippen molar-refractivity contribution in [3.05, 3.63) is 16.4 Å². The van der Waals surface area contributed by atoms with E-state index in [1.165, 1.54) is 11.3 Å². The molecule has 15 heavy (non-hydrogen) atoms. The van der Waals surface area contributed by atoms with Crippen LogP contribution in [0.2, 0.25) is 0 Å². The Bertz CT molecular complexity index is 395. The Hall–Kier alpha value is -0.300. The van der Waals surface area contributed by atoms with E-state index >= 15 is 0 Å². The minimum absolute atomic E-state index is 0. The van der Waals surface area contributed by atoms with E-state index in [9.17, 15) is 4.79 Å². The van der Waals surface area contributed by atoms with Gasteiger partial charge in [-0.3, -0.25) is 10.1 Å². The van der Waals surface area contributed by atoms with Crippen molar-refractivity contribution in [2.24, 2.45) is 12.0 Å². The average Bonchev–Trinajstić information content (AvgIpc) is 2.77. The van der Waals surface area contributed by atoms with Gasteiger partial charge >= 0.3 is 0 Å². The van der Waals surface area contributed by atoms with Gasteiger partial charge in [0.25, 0.3) is 5.91 Å². The fraction of sp³-hybridized carbons (Fsp3) is 0.500. The third kappa shape index (κ3) is 3.07. The second-order valence-electron chi connectivity index (χ2n) is 3.02. The first-order valence-electron chi connectivity index (χ1n) is 4.27. The van der Waals surface area contributed by atoms with E-state index in [2.05, 4.69) is 10.3 Å². The maximum atomic E-state index is 11.6. The third-order valence-electron chi connectivity index (χ3n) is 1.98. The van der Waals surface area contributed by atoms with Gasteiger partial charge < -0.3 is 4.57 Å². The number of carbonyl (C=O) groups excluding carboxylic acids is 1. The summed E-state index contributed by atoms with van der Waals surface area (Å²) in [5.41, 5.74) is 0. The smallest absolute Gasteiger partial charge is 0.266 e. The molecule has 0 unspecified atom stereocenters. The van der Waals surface area contributed by atoms with Gasteiger partial charge in [-0.15, -0.1) is 35.5 Å². The number of carbonyl (C=O) groups is 1. The highest BCUT2D eigenvalue weighted by Gasteiger charge is 2.21. The molecule has 1 amide bonds. The zero-order valence-electron chi connectivity index (χ0n) is 8.17. The molecular formula is C8H12ClN3OS2. The van der Waals surface area contributed by atoms with Crippen LogP contribution in [0.5, 0.6) is 0 Å². The maximum Gasteiger partial charge on any atom is 0.266 e. The number of hydrogen-bond donors (Lipinski definition) is 1. The molecule has 1 atom stereocenters. The molecule has 1 aliphatic rings. The number of hydrogen-bond acceptors (Lipinski definition) is 4. The van der Waals surface area contributed by atoms with Gasteiger partial charge in [0.05, 0.1) is 6.04 Å². The lowest BCUT2D eigenvalue weighted by Gasteiger charge is -2.01. The molecular weight excluding hydrogens is 254 g/mol. The Labute approximate surface area is 102 Å². The van der Waals surface area contributed by atoms with E-state index in [0.717, 1.165) is 16.4 Å². The molecule has 0 aliphatic carbocycles. The summed E-state index contributed by atoms with van der Waals surface area (Å²) in [5, 5.41) is 5.02. The van der Waals surface area contributed by atoms with Crippen molar-refractivity contribution in [2.75, 3.05) is 11.6 Å². The van der Waals surface area contributed by atoms with Crippen LogP contribution in [0.15, 0.2) is 16.6 Å². The molecule has 7 heteroatoms. The molecule has 0 bridgehead atoms. The number of aromatic nitrogens is 1. The Morgan fingerprint density at radius 2 is 2.53 bits per heavy atom. The number of nitrogens with one attached hydrogen (secondary N) is 1. The molecule has 1 N–H and O–H groups in total. The number of thioether (sulfide) groups is 1. The van der Waals surface area contributed by atoms with E-state index < -0.39 is 0 Å². The number of thiazole rings is 1. The van der Waals surface area contributed by atoms with Crippen LogP contribution in [-0.4, -0.2) is 28.1 Å². The standard InChI is InChI=1S/C8H11N3OS2.ClH/c1-11-2-3-14-8(11)10-7(12)6-4-13-5-9-6;/h2-3,6,9H,4-5H2,1H3;1H/t6-;/m1./s1.